The summed E-state index contributed by atoms with van der Waals surface area (Å²) in [5, 5.41) is 12.2. The highest BCUT2D eigenvalue weighted by molar-refractivity contribution is 5.91. The predicted octanol–water partition coefficient (Wildman–Crippen LogP) is 5.02. The van der Waals surface area contributed by atoms with Crippen molar-refractivity contribution < 1.29 is 4.92 Å². The summed E-state index contributed by atoms with van der Waals surface area (Å²) in [4.78, 5) is 41.5. The average molecular weight is 427 g/mol. The predicted molar refractivity (Wildman–Crippen MR) is 122 cm³/mol. The van der Waals surface area contributed by atoms with Crippen molar-refractivity contribution >= 4 is 16.6 Å². The Morgan fingerprint density at radius 1 is 1.00 bits per heavy atom. The summed E-state index contributed by atoms with van der Waals surface area (Å²) < 4.78 is 1.67. The number of nitrogens with one attached hydrogen (secondary N) is 1. The van der Waals surface area contributed by atoms with Crippen LogP contribution in [0.2, 0.25) is 0 Å². The van der Waals surface area contributed by atoms with Crippen molar-refractivity contribution in [3.63, 3.8) is 0 Å². The van der Waals surface area contributed by atoms with E-state index in [4.69, 9.17) is 0 Å². The van der Waals surface area contributed by atoms with Gasteiger partial charge in [0.15, 0.2) is 5.82 Å². The van der Waals surface area contributed by atoms with Crippen LogP contribution < -0.4 is 11.2 Å². The van der Waals surface area contributed by atoms with Gasteiger partial charge in [0, 0.05) is 18.0 Å². The molecule has 8 nitrogen and oxygen atoms in total. The highest BCUT2D eigenvalue weighted by Crippen LogP contribution is 2.31. The highest BCUT2D eigenvalue weighted by atomic mass is 16.6. The van der Waals surface area contributed by atoms with Gasteiger partial charge < -0.3 is 4.57 Å². The first-order chi connectivity index (χ1) is 15.0. The number of aromatic amines is 1. The third-order valence-corrected chi connectivity index (χ3v) is 5.72. The van der Waals surface area contributed by atoms with Crippen LogP contribution in [0.5, 0.6) is 0 Å². The van der Waals surface area contributed by atoms with Crippen LogP contribution in [0.1, 0.15) is 71.1 Å². The van der Waals surface area contributed by atoms with E-state index in [-0.39, 0.29) is 17.1 Å². The molecule has 0 aliphatic carbocycles. The van der Waals surface area contributed by atoms with Crippen molar-refractivity contribution in [2.24, 2.45) is 0 Å². The maximum absolute atomic E-state index is 12.3. The number of nitrogens with zero attached hydrogens (tertiary/aromatic N) is 3. The number of hydrogen-bond acceptors (Lipinski definition) is 5. The molecule has 0 fully saturated rings. The minimum atomic E-state index is -0.743. The Hall–Kier alpha value is -3.03. The molecule has 0 atom stereocenters. The van der Waals surface area contributed by atoms with E-state index < -0.39 is 16.2 Å². The lowest BCUT2D eigenvalue weighted by Crippen LogP contribution is -2.27. The van der Waals surface area contributed by atoms with Crippen LogP contribution in [-0.4, -0.2) is 19.5 Å². The third-order valence-electron chi connectivity index (χ3n) is 5.72. The van der Waals surface area contributed by atoms with Gasteiger partial charge in [-0.3, -0.25) is 19.9 Å². The van der Waals surface area contributed by atoms with E-state index >= 15 is 0 Å². The standard InChI is InChI=1S/C23H30N4O4/c1-2-3-4-5-6-7-8-9-10-11-15-26-20-17(13-12-14-19(20)27(30)31)16-18-21(26)24-23(29)25-22(18)28/h12-14,16H,2-11,15H2,1H3,(H,25,28,29). The summed E-state index contributed by atoms with van der Waals surface area (Å²) in [6.07, 6.45) is 11.7. The van der Waals surface area contributed by atoms with Gasteiger partial charge in [0.05, 0.1) is 10.5 Å². The molecule has 8 heteroatoms. The van der Waals surface area contributed by atoms with E-state index in [1.165, 1.54) is 51.0 Å². The molecule has 1 aromatic carbocycles. The van der Waals surface area contributed by atoms with Crippen molar-refractivity contribution in [1.29, 1.82) is 0 Å². The molecule has 2 heterocycles. The molecule has 1 aromatic rings. The number of hydrogen-bond donors (Lipinski definition) is 1. The molecule has 0 aromatic heterocycles. The van der Waals surface area contributed by atoms with Crippen molar-refractivity contribution in [3.05, 3.63) is 55.2 Å². The van der Waals surface area contributed by atoms with Crippen molar-refractivity contribution in [1.82, 2.24) is 14.5 Å². The van der Waals surface area contributed by atoms with Crippen LogP contribution in [0.3, 0.4) is 0 Å². The Kier molecular flexibility index (Phi) is 7.92. The summed E-state index contributed by atoms with van der Waals surface area (Å²) in [5.41, 5.74) is -0.665. The molecule has 1 N–H and O–H groups in total. The molecule has 31 heavy (non-hydrogen) atoms. The zero-order valence-electron chi connectivity index (χ0n) is 18.1. The number of unbranched alkanes of at least 4 members (excludes halogenated alkanes) is 9. The number of nitro groups is 1. The minimum Gasteiger partial charge on any atom is -0.319 e. The van der Waals surface area contributed by atoms with Gasteiger partial charge in [0.1, 0.15) is 5.52 Å². The summed E-state index contributed by atoms with van der Waals surface area (Å²) in [7, 11) is 0. The summed E-state index contributed by atoms with van der Waals surface area (Å²) in [5.74, 6) is 0.200. The summed E-state index contributed by atoms with van der Waals surface area (Å²) in [6, 6.07) is 6.34. The fourth-order valence-corrected chi connectivity index (χ4v) is 4.13. The fourth-order valence-electron chi connectivity index (χ4n) is 4.13. The maximum Gasteiger partial charge on any atom is 0.349 e. The largest absolute Gasteiger partial charge is 0.349 e. The van der Waals surface area contributed by atoms with E-state index in [1.807, 2.05) is 0 Å². The topological polar surface area (TPSA) is 111 Å². The van der Waals surface area contributed by atoms with Gasteiger partial charge in [-0.25, -0.2) is 4.79 Å². The second-order valence-electron chi connectivity index (χ2n) is 8.06. The number of nitro benzene ring substituents is 1. The first-order valence-electron chi connectivity index (χ1n) is 11.2. The quantitative estimate of drug-likeness (QED) is 0.189. The molecule has 166 valence electrons. The Labute approximate surface area is 180 Å². The number of aromatic nitrogens is 3. The lowest BCUT2D eigenvalue weighted by Gasteiger charge is -2.17. The normalized spacial score (nSPS) is 11.4. The summed E-state index contributed by atoms with van der Waals surface area (Å²) >= 11 is 0. The van der Waals surface area contributed by atoms with E-state index in [2.05, 4.69) is 16.9 Å². The van der Waals surface area contributed by atoms with Gasteiger partial charge in [-0.1, -0.05) is 76.8 Å². The van der Waals surface area contributed by atoms with Gasteiger partial charge in [0.25, 0.3) is 11.2 Å². The molecule has 0 saturated heterocycles. The second-order valence-corrected chi connectivity index (χ2v) is 8.06. The van der Waals surface area contributed by atoms with Gasteiger partial charge in [-0.2, -0.15) is 4.98 Å². The van der Waals surface area contributed by atoms with E-state index in [0.29, 0.717) is 17.4 Å². The van der Waals surface area contributed by atoms with Crippen LogP contribution in [0.4, 0.5) is 5.69 Å². The molecule has 0 spiro atoms. The Balaban J connectivity index is 1.77. The lowest BCUT2D eigenvalue weighted by molar-refractivity contribution is -0.383. The van der Waals surface area contributed by atoms with Crippen LogP contribution in [0.25, 0.3) is 22.3 Å². The number of H-pyrrole nitrogens is 1. The molecule has 2 aliphatic rings. The van der Waals surface area contributed by atoms with Crippen LogP contribution >= 0.6 is 0 Å². The molecule has 0 radical (unpaired) electrons. The average Bonchev–Trinajstić information content (AvgIpc) is 2.74. The number of benzene rings is 1. The van der Waals surface area contributed by atoms with Crippen molar-refractivity contribution in [2.45, 2.75) is 77.7 Å². The fraction of sp³-hybridized carbons (Fsp3) is 0.522. The molecule has 0 unspecified atom stereocenters. The molecule has 2 aliphatic heterocycles. The molecular weight excluding hydrogens is 396 g/mol. The van der Waals surface area contributed by atoms with E-state index in [9.17, 15) is 19.7 Å². The Morgan fingerprint density at radius 2 is 1.65 bits per heavy atom. The second kappa shape index (κ2) is 10.8. The zero-order valence-corrected chi connectivity index (χ0v) is 18.1. The number of rotatable bonds is 12. The van der Waals surface area contributed by atoms with Gasteiger partial charge in [-0.05, 0) is 12.5 Å². The van der Waals surface area contributed by atoms with Crippen molar-refractivity contribution in [3.8, 4) is 11.4 Å². The SMILES string of the molecule is CCCCCCCCCCCCn1c2nc(=O)[nH]c(=O)c-2cc2cccc([N+](=O)[O-])c21. The smallest absolute Gasteiger partial charge is 0.319 e. The molecule has 0 saturated carbocycles. The van der Waals surface area contributed by atoms with Gasteiger partial charge >= 0.3 is 5.69 Å². The van der Waals surface area contributed by atoms with E-state index in [1.54, 1.807) is 22.8 Å². The number of aryl methyl sites for hydroxylation is 1. The zero-order chi connectivity index (χ0) is 22.2. The lowest BCUT2D eigenvalue weighted by atomic mass is 10.1. The highest BCUT2D eigenvalue weighted by Gasteiger charge is 2.22. The number of pyridine rings is 1. The number of fused-ring (bicyclic) bond motifs is 2. The molecule has 0 bridgehead atoms. The van der Waals surface area contributed by atoms with Gasteiger partial charge in [-0.15, -0.1) is 0 Å². The summed E-state index contributed by atoms with van der Waals surface area (Å²) in [6.45, 7) is 2.68. The molecular formula is C23H30N4O4. The minimum absolute atomic E-state index is 0.0546. The van der Waals surface area contributed by atoms with E-state index in [0.717, 1.165) is 19.3 Å². The maximum atomic E-state index is 12.3. The number of non-ortho nitro benzene ring substituents is 1. The molecule has 3 rings (SSSR count). The van der Waals surface area contributed by atoms with Gasteiger partial charge in [0.2, 0.25) is 0 Å². The Bertz CT molecular complexity index is 1120. The van der Waals surface area contributed by atoms with Crippen LogP contribution in [-0.2, 0) is 6.54 Å². The Morgan fingerprint density at radius 3 is 2.29 bits per heavy atom. The monoisotopic (exact) mass is 426 g/mol. The van der Waals surface area contributed by atoms with Crippen LogP contribution in [0, 0.1) is 10.1 Å². The third kappa shape index (κ3) is 5.57. The first-order valence-corrected chi connectivity index (χ1v) is 11.2. The van der Waals surface area contributed by atoms with Crippen molar-refractivity contribution in [2.75, 3.05) is 0 Å². The first kappa shape index (κ1) is 22.7. The number of para-hydroxylation sites is 1. The van der Waals surface area contributed by atoms with Crippen LogP contribution in [0.15, 0.2) is 33.9 Å². The molecule has 0 amide bonds.